The molecule has 4 nitrogen and oxygen atoms in total. The zero-order valence-electron chi connectivity index (χ0n) is 9.30. The second kappa shape index (κ2) is 4.93. The lowest BCUT2D eigenvalue weighted by Crippen LogP contribution is -2.40. The van der Waals surface area contributed by atoms with Crippen LogP contribution in [0.3, 0.4) is 0 Å². The van der Waals surface area contributed by atoms with E-state index in [9.17, 15) is 4.79 Å². The average molecular weight is 245 g/mol. The van der Waals surface area contributed by atoms with Gasteiger partial charge in [-0.2, -0.15) is 0 Å². The lowest BCUT2D eigenvalue weighted by molar-refractivity contribution is 0.0892. The van der Waals surface area contributed by atoms with Crippen LogP contribution in [0.15, 0.2) is 29.3 Å². The molecule has 5 heteroatoms. The van der Waals surface area contributed by atoms with Crippen LogP contribution in [0.5, 0.6) is 0 Å². The number of amides is 1. The molecule has 0 atom stereocenters. The normalized spacial score (nSPS) is 14.2. The van der Waals surface area contributed by atoms with Gasteiger partial charge >= 0.3 is 0 Å². The lowest BCUT2D eigenvalue weighted by atomic mass is 10.2. The number of nitrogens with one attached hydrogen (secondary N) is 1. The topological polar surface area (TPSA) is 44.7 Å². The maximum Gasteiger partial charge on any atom is 0.272 e. The van der Waals surface area contributed by atoms with E-state index < -0.39 is 0 Å². The molecular weight excluding hydrogens is 234 g/mol. The van der Waals surface area contributed by atoms with Crippen LogP contribution in [0.1, 0.15) is 10.4 Å². The molecule has 2 rings (SSSR count). The summed E-state index contributed by atoms with van der Waals surface area (Å²) in [7, 11) is 1.74. The van der Waals surface area contributed by atoms with Gasteiger partial charge < -0.3 is 0 Å². The number of para-hydroxylation sites is 1. The summed E-state index contributed by atoms with van der Waals surface area (Å²) >= 11 is 1.41. The highest BCUT2D eigenvalue weighted by molar-refractivity contribution is 8.13. The maximum absolute atomic E-state index is 11.9. The van der Waals surface area contributed by atoms with Crippen molar-refractivity contribution < 1.29 is 4.79 Å². The predicted octanol–water partition coefficient (Wildman–Crippen LogP) is 1.63. The first-order valence-electron chi connectivity index (χ1n) is 5.01. The third-order valence-electron chi connectivity index (χ3n) is 2.21. The second-order valence-electron chi connectivity index (χ2n) is 3.40. The minimum atomic E-state index is -0.164. The maximum atomic E-state index is 11.9. The van der Waals surface area contributed by atoms with Crippen molar-refractivity contribution in [3.8, 4) is 12.3 Å². The highest BCUT2D eigenvalue weighted by Crippen LogP contribution is 2.23. The summed E-state index contributed by atoms with van der Waals surface area (Å²) < 4.78 is 0. The molecule has 0 radical (unpaired) electrons. The van der Waals surface area contributed by atoms with Gasteiger partial charge in [0.05, 0.1) is 17.0 Å². The van der Waals surface area contributed by atoms with Gasteiger partial charge in [-0.1, -0.05) is 29.8 Å². The number of thioether (sulfide) groups is 1. The van der Waals surface area contributed by atoms with Crippen LogP contribution >= 0.6 is 11.8 Å². The first-order chi connectivity index (χ1) is 8.22. The van der Waals surface area contributed by atoms with Gasteiger partial charge in [-0.25, -0.2) is 4.99 Å². The lowest BCUT2D eigenvalue weighted by Gasteiger charge is -2.18. The molecule has 1 amide bonds. The number of fused-ring (bicyclic) bond motifs is 1. The minimum absolute atomic E-state index is 0.164. The van der Waals surface area contributed by atoms with Gasteiger partial charge in [-0.05, 0) is 12.1 Å². The van der Waals surface area contributed by atoms with Crippen molar-refractivity contribution in [3.05, 3.63) is 29.8 Å². The largest absolute Gasteiger partial charge is 0.272 e. The number of hydrogen-bond acceptors (Lipinski definition) is 4. The fourth-order valence-electron chi connectivity index (χ4n) is 1.44. The number of aliphatic imine (C=N–C) groups is 1. The van der Waals surface area contributed by atoms with E-state index in [4.69, 9.17) is 6.42 Å². The van der Waals surface area contributed by atoms with E-state index in [0.29, 0.717) is 22.2 Å². The van der Waals surface area contributed by atoms with Crippen LogP contribution < -0.4 is 5.43 Å². The van der Waals surface area contributed by atoms with Crippen molar-refractivity contribution in [2.24, 2.45) is 4.99 Å². The van der Waals surface area contributed by atoms with Crippen LogP contribution in [0, 0.1) is 12.3 Å². The van der Waals surface area contributed by atoms with Crippen LogP contribution in [0.4, 0.5) is 5.69 Å². The van der Waals surface area contributed by atoms with Crippen LogP contribution in [0.2, 0.25) is 0 Å². The number of carbonyl (C=O) groups excluding carboxylic acids is 1. The van der Waals surface area contributed by atoms with Gasteiger partial charge in [0.25, 0.3) is 5.91 Å². The number of terminal acetylenes is 1. The van der Waals surface area contributed by atoms with Crippen molar-refractivity contribution in [2.45, 2.75) is 0 Å². The minimum Gasteiger partial charge on any atom is -0.267 e. The van der Waals surface area contributed by atoms with E-state index >= 15 is 0 Å². The van der Waals surface area contributed by atoms with Gasteiger partial charge in [0.2, 0.25) is 0 Å². The van der Waals surface area contributed by atoms with Crippen molar-refractivity contribution in [2.75, 3.05) is 12.8 Å². The Balaban J connectivity index is 2.39. The number of hydrazine groups is 1. The van der Waals surface area contributed by atoms with Gasteiger partial charge in [-0.3, -0.25) is 15.2 Å². The Bertz CT molecular complexity index is 519. The van der Waals surface area contributed by atoms with Gasteiger partial charge in [-0.15, -0.1) is 6.42 Å². The van der Waals surface area contributed by atoms with Crippen molar-refractivity contribution in [1.82, 2.24) is 10.4 Å². The summed E-state index contributed by atoms with van der Waals surface area (Å²) in [5.74, 6) is 2.89. The third kappa shape index (κ3) is 2.43. The van der Waals surface area contributed by atoms with E-state index in [1.165, 1.54) is 11.8 Å². The number of carbonyl (C=O) groups is 1. The van der Waals surface area contributed by atoms with E-state index in [1.54, 1.807) is 18.1 Å². The molecule has 0 saturated carbocycles. The SMILES string of the molecule is C#CCSC1=Nc2ccccc2C(=O)NN1C. The number of rotatable bonds is 1. The molecule has 0 bridgehead atoms. The molecule has 17 heavy (non-hydrogen) atoms. The summed E-state index contributed by atoms with van der Waals surface area (Å²) in [6.07, 6.45) is 5.22. The van der Waals surface area contributed by atoms with Crippen molar-refractivity contribution in [1.29, 1.82) is 0 Å². The molecule has 0 spiro atoms. The molecule has 0 aliphatic carbocycles. The van der Waals surface area contributed by atoms with Crippen molar-refractivity contribution in [3.63, 3.8) is 0 Å². The molecule has 1 aliphatic heterocycles. The zero-order valence-corrected chi connectivity index (χ0v) is 10.1. The Morgan fingerprint density at radius 3 is 3.06 bits per heavy atom. The molecule has 0 saturated heterocycles. The Labute approximate surface area is 104 Å². The van der Waals surface area contributed by atoms with Crippen LogP contribution in [-0.2, 0) is 0 Å². The first-order valence-corrected chi connectivity index (χ1v) is 5.99. The summed E-state index contributed by atoms with van der Waals surface area (Å²) in [6, 6.07) is 7.22. The summed E-state index contributed by atoms with van der Waals surface area (Å²) in [5, 5.41) is 2.27. The van der Waals surface area contributed by atoms with Crippen LogP contribution in [0.25, 0.3) is 0 Å². The molecule has 0 unspecified atom stereocenters. The second-order valence-corrected chi connectivity index (χ2v) is 4.35. The Hall–Kier alpha value is -1.93. The molecule has 1 aromatic carbocycles. The number of amidine groups is 1. The first kappa shape index (κ1) is 11.6. The average Bonchev–Trinajstić information content (AvgIpc) is 2.45. The summed E-state index contributed by atoms with van der Waals surface area (Å²) in [6.45, 7) is 0. The third-order valence-corrected chi connectivity index (χ3v) is 3.14. The van der Waals surface area contributed by atoms with E-state index in [-0.39, 0.29) is 5.91 Å². The van der Waals surface area contributed by atoms with E-state index in [0.717, 1.165) is 0 Å². The number of hydrogen-bond donors (Lipinski definition) is 1. The number of benzene rings is 1. The smallest absolute Gasteiger partial charge is 0.267 e. The fraction of sp³-hybridized carbons (Fsp3) is 0.167. The van der Waals surface area contributed by atoms with E-state index in [2.05, 4.69) is 16.3 Å². The molecule has 1 N–H and O–H groups in total. The fourth-order valence-corrected chi connectivity index (χ4v) is 2.05. The Morgan fingerprint density at radius 2 is 2.29 bits per heavy atom. The van der Waals surface area contributed by atoms with Gasteiger partial charge in [0.15, 0.2) is 5.17 Å². The highest BCUT2D eigenvalue weighted by atomic mass is 32.2. The molecule has 1 heterocycles. The molecule has 1 aromatic rings. The highest BCUT2D eigenvalue weighted by Gasteiger charge is 2.19. The molecule has 1 aliphatic rings. The standard InChI is InChI=1S/C12H11N3OS/c1-3-8-17-12-13-10-7-5-4-6-9(10)11(16)14-15(12)2/h1,4-7H,8H2,2H3,(H,14,16). The van der Waals surface area contributed by atoms with Crippen LogP contribution in [-0.4, -0.2) is 28.9 Å². The number of nitrogens with zero attached hydrogens (tertiary/aromatic N) is 2. The molecular formula is C12H11N3OS. The quantitative estimate of drug-likeness (QED) is 0.765. The predicted molar refractivity (Wildman–Crippen MR) is 70.1 cm³/mol. The molecule has 0 fully saturated rings. The van der Waals surface area contributed by atoms with E-state index in [1.807, 2.05) is 18.2 Å². The van der Waals surface area contributed by atoms with Crippen molar-refractivity contribution >= 4 is 28.5 Å². The Morgan fingerprint density at radius 1 is 1.53 bits per heavy atom. The van der Waals surface area contributed by atoms with Gasteiger partial charge in [0, 0.05) is 7.05 Å². The Kier molecular flexibility index (Phi) is 3.35. The monoisotopic (exact) mass is 245 g/mol. The summed E-state index contributed by atoms with van der Waals surface area (Å²) in [4.78, 5) is 16.3. The molecule has 86 valence electrons. The summed E-state index contributed by atoms with van der Waals surface area (Å²) in [5.41, 5.74) is 3.96. The zero-order chi connectivity index (χ0) is 12.3. The van der Waals surface area contributed by atoms with Gasteiger partial charge in [0.1, 0.15) is 0 Å². The molecule has 0 aromatic heterocycles.